The van der Waals surface area contributed by atoms with Crippen LogP contribution in [0.1, 0.15) is 0 Å². The van der Waals surface area contributed by atoms with Crippen LogP contribution >= 0.6 is 10.7 Å². The third kappa shape index (κ3) is 2.23. The molecule has 0 aliphatic heterocycles. The van der Waals surface area contributed by atoms with Gasteiger partial charge in [-0.3, -0.25) is 4.79 Å². The Labute approximate surface area is 118 Å². The molecule has 1 aromatic heterocycles. The van der Waals surface area contributed by atoms with Gasteiger partial charge in [-0.05, 0) is 24.3 Å². The summed E-state index contributed by atoms with van der Waals surface area (Å²) in [6, 6.07) is 11.1. The quantitative estimate of drug-likeness (QED) is 0.537. The summed E-state index contributed by atoms with van der Waals surface area (Å²) in [5.74, 6) is -0.156. The van der Waals surface area contributed by atoms with Crippen LogP contribution in [-0.2, 0) is 9.33 Å². The first kappa shape index (κ1) is 13.0. The second-order valence-electron chi connectivity index (χ2n) is 4.03. The van der Waals surface area contributed by atoms with Gasteiger partial charge in [-0.1, -0.05) is 18.2 Å². The number of fused-ring (bicyclic) bond motifs is 2. The normalized spacial score (nSPS) is 11.8. The molecule has 0 N–H and O–H groups in total. The summed E-state index contributed by atoms with van der Waals surface area (Å²) in [6.07, 6.45) is 0. The van der Waals surface area contributed by atoms with Gasteiger partial charge in [0.2, 0.25) is 5.43 Å². The van der Waals surface area contributed by atoms with E-state index < -0.39 is 9.33 Å². The Morgan fingerprint density at radius 1 is 1.00 bits per heavy atom. The van der Waals surface area contributed by atoms with Crippen molar-refractivity contribution in [3.05, 3.63) is 52.7 Å². The Balaban J connectivity index is 2.45. The molecule has 2 aromatic carbocycles. The second kappa shape index (κ2) is 4.50. The van der Waals surface area contributed by atoms with Gasteiger partial charge in [-0.25, -0.2) is 0 Å². The van der Waals surface area contributed by atoms with Crippen molar-refractivity contribution >= 4 is 42.0 Å². The van der Waals surface area contributed by atoms with Crippen molar-refractivity contribution in [1.82, 2.24) is 0 Å². The molecule has 0 aliphatic carbocycles. The van der Waals surface area contributed by atoms with Gasteiger partial charge >= 0.3 is 9.33 Å². The third-order valence-electron chi connectivity index (χ3n) is 2.76. The van der Waals surface area contributed by atoms with Crippen molar-refractivity contribution in [2.45, 2.75) is 0 Å². The fraction of sp³-hybridized carbons (Fsp3) is 0. The summed E-state index contributed by atoms with van der Waals surface area (Å²) in [4.78, 5) is 12.4. The summed E-state index contributed by atoms with van der Waals surface area (Å²) in [5.41, 5.74) is 0.264. The van der Waals surface area contributed by atoms with E-state index in [0.29, 0.717) is 11.0 Å². The van der Waals surface area contributed by atoms with Gasteiger partial charge in [0.15, 0.2) is 5.75 Å². The summed E-state index contributed by atoms with van der Waals surface area (Å²) in [6.45, 7) is 0. The zero-order valence-corrected chi connectivity index (χ0v) is 11.4. The van der Waals surface area contributed by atoms with Gasteiger partial charge < -0.3 is 8.60 Å². The lowest BCUT2D eigenvalue weighted by Crippen LogP contribution is -2.07. The maximum atomic E-state index is 12.4. The van der Waals surface area contributed by atoms with Crippen molar-refractivity contribution < 1.29 is 17.0 Å². The van der Waals surface area contributed by atoms with Crippen molar-refractivity contribution in [2.24, 2.45) is 0 Å². The number of hydrogen-bond donors (Lipinski definition) is 0. The van der Waals surface area contributed by atoms with E-state index >= 15 is 0 Å². The summed E-state index contributed by atoms with van der Waals surface area (Å²) in [7, 11) is 0.809. The van der Waals surface area contributed by atoms with E-state index in [1.54, 1.807) is 30.3 Å². The lowest BCUT2D eigenvalue weighted by atomic mass is 10.1. The third-order valence-corrected chi connectivity index (χ3v) is 3.32. The second-order valence-corrected chi connectivity index (χ2v) is 6.12. The van der Waals surface area contributed by atoms with Crippen molar-refractivity contribution in [3.8, 4) is 5.75 Å². The molecule has 0 aliphatic rings. The first-order chi connectivity index (χ1) is 9.46. The molecule has 0 bridgehead atoms. The highest BCUT2D eigenvalue weighted by atomic mass is 35.7. The van der Waals surface area contributed by atoms with E-state index in [1.165, 1.54) is 12.1 Å². The Kier molecular flexibility index (Phi) is 2.92. The van der Waals surface area contributed by atoms with Gasteiger partial charge in [0.25, 0.3) is 0 Å². The predicted molar refractivity (Wildman–Crippen MR) is 75.4 cm³/mol. The van der Waals surface area contributed by atoms with Crippen LogP contribution in [-0.4, -0.2) is 8.42 Å². The van der Waals surface area contributed by atoms with Crippen molar-refractivity contribution in [1.29, 1.82) is 0 Å². The first-order valence-electron chi connectivity index (χ1n) is 5.54. The summed E-state index contributed by atoms with van der Waals surface area (Å²) in [5, 5.41) is 0.374. The summed E-state index contributed by atoms with van der Waals surface area (Å²) < 4.78 is 32.2. The van der Waals surface area contributed by atoms with E-state index in [9.17, 15) is 13.2 Å². The maximum absolute atomic E-state index is 12.4. The van der Waals surface area contributed by atoms with Crippen LogP contribution in [0.3, 0.4) is 0 Å². The molecular formula is C13H7ClO5S. The van der Waals surface area contributed by atoms with Crippen LogP contribution in [0.5, 0.6) is 5.75 Å². The van der Waals surface area contributed by atoms with E-state index in [4.69, 9.17) is 15.1 Å². The molecule has 3 rings (SSSR count). The molecule has 3 aromatic rings. The minimum Gasteiger partial charge on any atom is -0.456 e. The van der Waals surface area contributed by atoms with Gasteiger partial charge in [0, 0.05) is 0 Å². The van der Waals surface area contributed by atoms with E-state index in [2.05, 4.69) is 4.18 Å². The summed E-state index contributed by atoms with van der Waals surface area (Å²) >= 11 is 0. The topological polar surface area (TPSA) is 73.6 Å². The molecule has 102 valence electrons. The number of rotatable bonds is 2. The standard InChI is InChI=1S/C13H7ClO5S/c14-20(16,17)19-11-7-3-6-10-12(11)13(15)8-4-1-2-5-9(8)18-10/h1-7H. The van der Waals surface area contributed by atoms with Gasteiger partial charge in [0.05, 0.1) is 16.1 Å². The highest BCUT2D eigenvalue weighted by molar-refractivity contribution is 8.10. The highest BCUT2D eigenvalue weighted by Crippen LogP contribution is 2.27. The molecule has 20 heavy (non-hydrogen) atoms. The maximum Gasteiger partial charge on any atom is 0.401 e. The Morgan fingerprint density at radius 2 is 1.70 bits per heavy atom. The Hall–Kier alpha value is -2.05. The lowest BCUT2D eigenvalue weighted by molar-refractivity contribution is 0.505. The minimum atomic E-state index is -4.25. The number of para-hydroxylation sites is 1. The van der Waals surface area contributed by atoms with Crippen molar-refractivity contribution in [3.63, 3.8) is 0 Å². The molecule has 0 fully saturated rings. The average Bonchev–Trinajstić information content (AvgIpc) is 2.37. The van der Waals surface area contributed by atoms with Crippen LogP contribution in [0.25, 0.3) is 21.9 Å². The molecule has 5 nitrogen and oxygen atoms in total. The number of benzene rings is 2. The fourth-order valence-electron chi connectivity index (χ4n) is 1.99. The SMILES string of the molecule is O=c1c2ccccc2oc2cccc(OS(=O)(=O)Cl)c12. The van der Waals surface area contributed by atoms with E-state index in [-0.39, 0.29) is 22.1 Å². The molecule has 0 saturated heterocycles. The minimum absolute atomic E-state index is 0.0374. The smallest absolute Gasteiger partial charge is 0.401 e. The fourth-order valence-corrected chi connectivity index (χ4v) is 2.55. The van der Waals surface area contributed by atoms with Gasteiger partial charge in [-0.15, -0.1) is 0 Å². The molecule has 0 saturated carbocycles. The van der Waals surface area contributed by atoms with Crippen LogP contribution in [0.15, 0.2) is 51.7 Å². The highest BCUT2D eigenvalue weighted by Gasteiger charge is 2.16. The molecule has 0 spiro atoms. The number of hydrogen-bond acceptors (Lipinski definition) is 5. The number of halogens is 1. The zero-order chi connectivity index (χ0) is 14.3. The van der Waals surface area contributed by atoms with E-state index in [1.807, 2.05) is 0 Å². The van der Waals surface area contributed by atoms with Crippen LogP contribution in [0.4, 0.5) is 0 Å². The lowest BCUT2D eigenvalue weighted by Gasteiger charge is -2.06. The molecule has 0 amide bonds. The largest absolute Gasteiger partial charge is 0.456 e. The predicted octanol–water partition coefficient (Wildman–Crippen LogP) is 2.81. The molecule has 0 radical (unpaired) electrons. The van der Waals surface area contributed by atoms with Crippen LogP contribution < -0.4 is 9.61 Å². The van der Waals surface area contributed by atoms with Crippen molar-refractivity contribution in [2.75, 3.05) is 0 Å². The molecule has 7 heteroatoms. The van der Waals surface area contributed by atoms with Crippen LogP contribution in [0.2, 0.25) is 0 Å². The average molecular weight is 311 g/mol. The molecule has 1 heterocycles. The van der Waals surface area contributed by atoms with Gasteiger partial charge in [-0.2, -0.15) is 8.42 Å². The van der Waals surface area contributed by atoms with Gasteiger partial charge in [0.1, 0.15) is 16.6 Å². The molecule has 0 atom stereocenters. The van der Waals surface area contributed by atoms with E-state index in [0.717, 1.165) is 0 Å². The first-order valence-corrected chi connectivity index (χ1v) is 7.78. The Morgan fingerprint density at radius 3 is 2.45 bits per heavy atom. The molecular weight excluding hydrogens is 304 g/mol. The monoisotopic (exact) mass is 310 g/mol. The Bertz CT molecular complexity index is 975. The molecule has 0 unspecified atom stereocenters. The zero-order valence-electron chi connectivity index (χ0n) is 9.87. The van der Waals surface area contributed by atoms with Crippen LogP contribution in [0, 0.1) is 0 Å².